The largest absolute Gasteiger partial charge is 0.465 e. The summed E-state index contributed by atoms with van der Waals surface area (Å²) in [6, 6.07) is 4.47. The topological polar surface area (TPSA) is 26.3 Å². The van der Waals surface area contributed by atoms with Crippen LogP contribution in [0.4, 0.5) is 4.39 Å². The highest BCUT2D eigenvalue weighted by Crippen LogP contribution is 2.17. The summed E-state index contributed by atoms with van der Waals surface area (Å²) in [5.74, 6) is -0.196. The first kappa shape index (κ1) is 10.7. The molecule has 0 saturated heterocycles. The van der Waals surface area contributed by atoms with Crippen molar-refractivity contribution in [3.05, 3.63) is 41.1 Å². The van der Waals surface area contributed by atoms with Crippen LogP contribution in [0, 0.1) is 11.7 Å². The van der Waals surface area contributed by atoms with Gasteiger partial charge in [-0.05, 0) is 23.6 Å². The standard InChI is InChI=1S/C11H12FO2/c1-7(2)8-4-5-9(10(12)6-8)11(13)14-3/h4-6H,1-3H3. The zero-order valence-electron chi connectivity index (χ0n) is 8.43. The van der Waals surface area contributed by atoms with E-state index in [2.05, 4.69) is 4.74 Å². The maximum absolute atomic E-state index is 13.3. The molecule has 1 aromatic rings. The molecule has 1 rings (SSSR count). The SMILES string of the molecule is COC(=O)c1ccc([C](C)C)cc1F. The van der Waals surface area contributed by atoms with Gasteiger partial charge in [-0.1, -0.05) is 19.9 Å². The normalized spacial score (nSPS) is 10.4. The van der Waals surface area contributed by atoms with Gasteiger partial charge in [0.25, 0.3) is 0 Å². The fraction of sp³-hybridized carbons (Fsp3) is 0.273. The Bertz CT molecular complexity index is 345. The average Bonchev–Trinajstić information content (AvgIpc) is 2.16. The highest BCUT2D eigenvalue weighted by Gasteiger charge is 2.12. The van der Waals surface area contributed by atoms with Crippen molar-refractivity contribution in [2.75, 3.05) is 7.11 Å². The highest BCUT2D eigenvalue weighted by molar-refractivity contribution is 5.89. The number of hydrogen-bond donors (Lipinski definition) is 0. The number of esters is 1. The average molecular weight is 195 g/mol. The van der Waals surface area contributed by atoms with Gasteiger partial charge >= 0.3 is 5.97 Å². The minimum absolute atomic E-state index is 0.0301. The summed E-state index contributed by atoms with van der Waals surface area (Å²) in [7, 11) is 1.23. The Hall–Kier alpha value is -1.38. The van der Waals surface area contributed by atoms with E-state index in [1.165, 1.54) is 19.2 Å². The molecular formula is C11H12FO2. The molecule has 75 valence electrons. The second kappa shape index (κ2) is 4.22. The van der Waals surface area contributed by atoms with Crippen LogP contribution in [-0.4, -0.2) is 13.1 Å². The highest BCUT2D eigenvalue weighted by atomic mass is 19.1. The molecule has 0 N–H and O–H groups in total. The first-order valence-corrected chi connectivity index (χ1v) is 4.24. The number of carbonyl (C=O) groups is 1. The van der Waals surface area contributed by atoms with E-state index >= 15 is 0 Å². The van der Waals surface area contributed by atoms with Gasteiger partial charge in [-0.3, -0.25) is 0 Å². The molecule has 1 aromatic carbocycles. The zero-order chi connectivity index (χ0) is 10.7. The third kappa shape index (κ3) is 2.10. The predicted octanol–water partition coefficient (Wildman–Crippen LogP) is 2.57. The summed E-state index contributed by atoms with van der Waals surface area (Å²) >= 11 is 0. The van der Waals surface area contributed by atoms with Crippen molar-refractivity contribution >= 4 is 5.97 Å². The summed E-state index contributed by atoms with van der Waals surface area (Å²) < 4.78 is 17.8. The maximum Gasteiger partial charge on any atom is 0.340 e. The summed E-state index contributed by atoms with van der Waals surface area (Å²) in [5, 5.41) is 0. The van der Waals surface area contributed by atoms with Crippen molar-refractivity contribution in [1.82, 2.24) is 0 Å². The van der Waals surface area contributed by atoms with Crippen LogP contribution in [0.1, 0.15) is 29.8 Å². The number of methoxy groups -OCH3 is 1. The molecule has 2 nitrogen and oxygen atoms in total. The summed E-state index contributed by atoms with van der Waals surface area (Å²) in [6.45, 7) is 3.76. The molecule has 0 unspecified atom stereocenters. The molecule has 0 amide bonds. The van der Waals surface area contributed by atoms with Crippen molar-refractivity contribution in [3.8, 4) is 0 Å². The van der Waals surface area contributed by atoms with E-state index in [4.69, 9.17) is 0 Å². The van der Waals surface area contributed by atoms with E-state index in [1.54, 1.807) is 6.07 Å². The molecule has 0 aromatic heterocycles. The lowest BCUT2D eigenvalue weighted by Crippen LogP contribution is -2.05. The van der Waals surface area contributed by atoms with Crippen LogP contribution in [0.25, 0.3) is 0 Å². The van der Waals surface area contributed by atoms with Gasteiger partial charge < -0.3 is 4.74 Å². The first-order valence-electron chi connectivity index (χ1n) is 4.24. The van der Waals surface area contributed by atoms with Crippen LogP contribution in [0.2, 0.25) is 0 Å². The first-order chi connectivity index (χ1) is 6.56. The molecule has 0 fully saturated rings. The van der Waals surface area contributed by atoms with Crippen molar-refractivity contribution in [2.24, 2.45) is 0 Å². The Morgan fingerprint density at radius 1 is 1.36 bits per heavy atom. The number of ether oxygens (including phenoxy) is 1. The molecule has 0 bridgehead atoms. The van der Waals surface area contributed by atoms with E-state index in [-0.39, 0.29) is 5.56 Å². The summed E-state index contributed by atoms with van der Waals surface area (Å²) in [4.78, 5) is 11.0. The Morgan fingerprint density at radius 2 is 2.00 bits per heavy atom. The molecule has 3 heteroatoms. The number of carbonyl (C=O) groups excluding carboxylic acids is 1. The van der Waals surface area contributed by atoms with Gasteiger partial charge in [-0.2, -0.15) is 0 Å². The van der Waals surface area contributed by atoms with Crippen molar-refractivity contribution in [2.45, 2.75) is 13.8 Å². The molecule has 0 atom stereocenters. The lowest BCUT2D eigenvalue weighted by Gasteiger charge is -2.06. The number of hydrogen-bond acceptors (Lipinski definition) is 2. The molecular weight excluding hydrogens is 183 g/mol. The monoisotopic (exact) mass is 195 g/mol. The fourth-order valence-corrected chi connectivity index (χ4v) is 1.10. The Kier molecular flexibility index (Phi) is 3.23. The van der Waals surface area contributed by atoms with Crippen molar-refractivity contribution < 1.29 is 13.9 Å². The van der Waals surface area contributed by atoms with E-state index in [9.17, 15) is 9.18 Å². The third-order valence-electron chi connectivity index (χ3n) is 1.95. The molecule has 0 saturated carbocycles. The van der Waals surface area contributed by atoms with E-state index in [0.29, 0.717) is 0 Å². The van der Waals surface area contributed by atoms with Crippen LogP contribution in [0.15, 0.2) is 18.2 Å². The summed E-state index contributed by atoms with van der Waals surface area (Å²) in [6.07, 6.45) is 0. The van der Waals surface area contributed by atoms with Gasteiger partial charge in [0.05, 0.1) is 12.7 Å². The Balaban J connectivity index is 3.07. The number of halogens is 1. The minimum atomic E-state index is -0.650. The third-order valence-corrected chi connectivity index (χ3v) is 1.95. The fourth-order valence-electron chi connectivity index (χ4n) is 1.10. The Labute approximate surface area is 82.7 Å². The van der Waals surface area contributed by atoms with Crippen LogP contribution < -0.4 is 0 Å². The molecule has 0 aliphatic carbocycles. The summed E-state index contributed by atoms with van der Waals surface area (Å²) in [5.41, 5.74) is 0.757. The molecule has 14 heavy (non-hydrogen) atoms. The van der Waals surface area contributed by atoms with E-state index in [1.807, 2.05) is 13.8 Å². The lowest BCUT2D eigenvalue weighted by atomic mass is 10.0. The molecule has 0 aliphatic heterocycles. The van der Waals surface area contributed by atoms with E-state index in [0.717, 1.165) is 11.5 Å². The van der Waals surface area contributed by atoms with Crippen molar-refractivity contribution in [3.63, 3.8) is 0 Å². The zero-order valence-corrected chi connectivity index (χ0v) is 8.43. The second-order valence-electron chi connectivity index (χ2n) is 3.19. The molecule has 0 heterocycles. The van der Waals surface area contributed by atoms with Gasteiger partial charge in [0.2, 0.25) is 0 Å². The second-order valence-corrected chi connectivity index (χ2v) is 3.19. The maximum atomic E-state index is 13.3. The molecule has 0 aliphatic rings. The van der Waals surface area contributed by atoms with E-state index < -0.39 is 11.8 Å². The number of rotatable bonds is 2. The lowest BCUT2D eigenvalue weighted by molar-refractivity contribution is 0.0595. The molecule has 1 radical (unpaired) electrons. The Morgan fingerprint density at radius 3 is 2.43 bits per heavy atom. The van der Waals surface area contributed by atoms with Gasteiger partial charge in [0, 0.05) is 0 Å². The quantitative estimate of drug-likeness (QED) is 0.678. The molecule has 0 spiro atoms. The van der Waals surface area contributed by atoms with Gasteiger partial charge in [-0.25, -0.2) is 9.18 Å². The number of benzene rings is 1. The van der Waals surface area contributed by atoms with Crippen molar-refractivity contribution in [1.29, 1.82) is 0 Å². The van der Waals surface area contributed by atoms with Crippen LogP contribution in [-0.2, 0) is 4.74 Å². The van der Waals surface area contributed by atoms with Gasteiger partial charge in [0.1, 0.15) is 5.82 Å². The van der Waals surface area contributed by atoms with Crippen LogP contribution >= 0.6 is 0 Å². The van der Waals surface area contributed by atoms with Crippen LogP contribution in [0.3, 0.4) is 0 Å². The van der Waals surface area contributed by atoms with Crippen LogP contribution in [0.5, 0.6) is 0 Å². The smallest absolute Gasteiger partial charge is 0.340 e. The van der Waals surface area contributed by atoms with Gasteiger partial charge in [-0.15, -0.1) is 0 Å². The minimum Gasteiger partial charge on any atom is -0.465 e. The predicted molar refractivity (Wildman–Crippen MR) is 51.4 cm³/mol. The van der Waals surface area contributed by atoms with Gasteiger partial charge in [0.15, 0.2) is 0 Å².